The molecule has 152 valence electrons. The Bertz CT molecular complexity index is 1090. The molecule has 30 heavy (non-hydrogen) atoms. The molecule has 0 saturated heterocycles. The number of nitrogen functional groups attached to an aromatic ring is 1. The van der Waals surface area contributed by atoms with Gasteiger partial charge >= 0.3 is 0 Å². The Kier molecular flexibility index (Phi) is 5.30. The third-order valence-electron chi connectivity index (χ3n) is 4.71. The topological polar surface area (TPSA) is 119 Å². The second-order valence-electron chi connectivity index (χ2n) is 7.20. The van der Waals surface area contributed by atoms with E-state index >= 15 is 0 Å². The largest absolute Gasteiger partial charge is 0.399 e. The summed E-state index contributed by atoms with van der Waals surface area (Å²) in [5, 5.41) is 9.84. The number of hydrogen-bond acceptors (Lipinski definition) is 5. The van der Waals surface area contributed by atoms with E-state index < -0.39 is 11.7 Å². The molecule has 1 saturated carbocycles. The molecule has 4 N–H and O–H groups in total. The summed E-state index contributed by atoms with van der Waals surface area (Å²) in [5.74, 6) is -0.580. The van der Waals surface area contributed by atoms with Crippen molar-refractivity contribution in [2.45, 2.75) is 19.3 Å². The van der Waals surface area contributed by atoms with Crippen LogP contribution in [-0.4, -0.2) is 27.4 Å². The highest BCUT2D eigenvalue weighted by Gasteiger charge is 2.30. The second-order valence-corrected chi connectivity index (χ2v) is 7.20. The molecule has 1 aliphatic rings. The maximum absolute atomic E-state index is 12.7. The van der Waals surface area contributed by atoms with Gasteiger partial charge in [-0.25, -0.2) is 4.68 Å². The van der Waals surface area contributed by atoms with E-state index in [1.165, 1.54) is 10.7 Å². The molecule has 0 aliphatic heterocycles. The summed E-state index contributed by atoms with van der Waals surface area (Å²) < 4.78 is 1.51. The molecule has 1 heterocycles. The summed E-state index contributed by atoms with van der Waals surface area (Å²) in [5.41, 5.74) is 7.57. The van der Waals surface area contributed by atoms with Crippen LogP contribution in [0, 0.1) is 5.92 Å². The van der Waals surface area contributed by atoms with Crippen LogP contribution in [0.25, 0.3) is 5.69 Å². The number of hydrogen-bond donors (Lipinski definition) is 3. The molecule has 0 spiro atoms. The summed E-state index contributed by atoms with van der Waals surface area (Å²) in [4.78, 5) is 37.1. The van der Waals surface area contributed by atoms with Gasteiger partial charge in [-0.1, -0.05) is 18.2 Å². The van der Waals surface area contributed by atoms with Crippen LogP contribution in [0.3, 0.4) is 0 Å². The lowest BCUT2D eigenvalue weighted by Crippen LogP contribution is -2.17. The average molecular weight is 403 g/mol. The van der Waals surface area contributed by atoms with Gasteiger partial charge in [-0.05, 0) is 49.2 Å². The number of para-hydroxylation sites is 1. The lowest BCUT2D eigenvalue weighted by molar-refractivity contribution is -0.117. The molecular formula is C22H21N5O3. The van der Waals surface area contributed by atoms with Crippen molar-refractivity contribution in [1.29, 1.82) is 0 Å². The van der Waals surface area contributed by atoms with E-state index in [2.05, 4.69) is 15.7 Å². The van der Waals surface area contributed by atoms with Crippen molar-refractivity contribution < 1.29 is 14.4 Å². The predicted molar refractivity (Wildman–Crippen MR) is 113 cm³/mol. The number of Topliss-reactive ketones (excluding diaryl/α,β-unsaturated/α-hetero) is 1. The van der Waals surface area contributed by atoms with Gasteiger partial charge in [-0.2, -0.15) is 5.10 Å². The highest BCUT2D eigenvalue weighted by molar-refractivity contribution is 6.10. The van der Waals surface area contributed by atoms with Gasteiger partial charge < -0.3 is 16.4 Å². The van der Waals surface area contributed by atoms with Crippen LogP contribution in [0.4, 0.5) is 17.2 Å². The Morgan fingerprint density at radius 3 is 2.37 bits per heavy atom. The first-order valence-corrected chi connectivity index (χ1v) is 9.64. The van der Waals surface area contributed by atoms with Crippen LogP contribution in [0.1, 0.15) is 29.8 Å². The smallest absolute Gasteiger partial charge is 0.232 e. The number of rotatable bonds is 7. The maximum atomic E-state index is 12.7. The number of ketones is 1. The number of carbonyl (C=O) groups excluding carboxylic acids is 3. The van der Waals surface area contributed by atoms with E-state index in [0.717, 1.165) is 12.8 Å². The standard InChI is InChI=1S/C22H21N5O3/c23-15-8-10-16(11-9-15)24-21(29)13-19(28)18-12-20(25-22(30)14-6-7-14)27(26-18)17-4-2-1-3-5-17/h1-5,8-12,14H,6-7,13,23H2,(H,24,29)(H,25,30). The third kappa shape index (κ3) is 4.54. The quantitative estimate of drug-likeness (QED) is 0.318. The van der Waals surface area contributed by atoms with E-state index in [-0.39, 0.29) is 23.9 Å². The number of nitrogens with one attached hydrogen (secondary N) is 2. The van der Waals surface area contributed by atoms with Gasteiger partial charge in [0.05, 0.1) is 12.1 Å². The Balaban J connectivity index is 1.51. The first-order chi connectivity index (χ1) is 14.5. The lowest BCUT2D eigenvalue weighted by atomic mass is 10.2. The van der Waals surface area contributed by atoms with Crippen LogP contribution in [-0.2, 0) is 9.59 Å². The van der Waals surface area contributed by atoms with Gasteiger partial charge in [-0.3, -0.25) is 14.4 Å². The van der Waals surface area contributed by atoms with Crippen LogP contribution >= 0.6 is 0 Å². The van der Waals surface area contributed by atoms with E-state index in [4.69, 9.17) is 5.73 Å². The molecule has 1 aromatic heterocycles. The highest BCUT2D eigenvalue weighted by Crippen LogP contribution is 2.30. The van der Waals surface area contributed by atoms with Crippen molar-refractivity contribution in [2.24, 2.45) is 5.92 Å². The minimum absolute atomic E-state index is 0.00830. The Morgan fingerprint density at radius 2 is 1.70 bits per heavy atom. The summed E-state index contributed by atoms with van der Waals surface area (Å²) in [6.45, 7) is 0. The van der Waals surface area contributed by atoms with Crippen LogP contribution in [0.15, 0.2) is 60.7 Å². The first-order valence-electron chi connectivity index (χ1n) is 9.64. The SMILES string of the molecule is Nc1ccc(NC(=O)CC(=O)c2cc(NC(=O)C3CC3)n(-c3ccccc3)n2)cc1. The fraction of sp³-hybridized carbons (Fsp3) is 0.182. The number of carbonyl (C=O) groups is 3. The fourth-order valence-corrected chi connectivity index (χ4v) is 2.95. The summed E-state index contributed by atoms with van der Waals surface area (Å²) in [6.07, 6.45) is 1.36. The van der Waals surface area contributed by atoms with Crippen molar-refractivity contribution in [3.05, 3.63) is 66.4 Å². The maximum Gasteiger partial charge on any atom is 0.232 e. The highest BCUT2D eigenvalue weighted by atomic mass is 16.2. The van der Waals surface area contributed by atoms with Gasteiger partial charge in [0.25, 0.3) is 0 Å². The zero-order valence-corrected chi connectivity index (χ0v) is 16.2. The molecule has 4 rings (SSSR count). The summed E-state index contributed by atoms with van der Waals surface area (Å²) >= 11 is 0. The van der Waals surface area contributed by atoms with Crippen LogP contribution in [0.2, 0.25) is 0 Å². The zero-order valence-electron chi connectivity index (χ0n) is 16.2. The summed E-state index contributed by atoms with van der Waals surface area (Å²) in [7, 11) is 0. The monoisotopic (exact) mass is 403 g/mol. The van der Waals surface area contributed by atoms with Crippen molar-refractivity contribution in [3.8, 4) is 5.69 Å². The van der Waals surface area contributed by atoms with Crippen molar-refractivity contribution in [2.75, 3.05) is 16.4 Å². The number of nitrogens with two attached hydrogens (primary N) is 1. The molecule has 2 amide bonds. The number of benzene rings is 2. The molecule has 0 radical (unpaired) electrons. The van der Waals surface area contributed by atoms with Gasteiger partial charge in [-0.15, -0.1) is 0 Å². The van der Waals surface area contributed by atoms with Crippen LogP contribution < -0.4 is 16.4 Å². The number of aromatic nitrogens is 2. The Morgan fingerprint density at radius 1 is 1.00 bits per heavy atom. The van der Waals surface area contributed by atoms with E-state index in [1.54, 1.807) is 24.3 Å². The van der Waals surface area contributed by atoms with Crippen molar-refractivity contribution in [1.82, 2.24) is 9.78 Å². The molecule has 2 aromatic carbocycles. The van der Waals surface area contributed by atoms with E-state index in [1.807, 2.05) is 30.3 Å². The van der Waals surface area contributed by atoms with Gasteiger partial charge in [0.1, 0.15) is 11.5 Å². The molecule has 8 heteroatoms. The number of anilines is 3. The van der Waals surface area contributed by atoms with E-state index in [0.29, 0.717) is 22.9 Å². The number of nitrogens with zero attached hydrogens (tertiary/aromatic N) is 2. The fourth-order valence-electron chi connectivity index (χ4n) is 2.95. The molecule has 0 atom stereocenters. The molecule has 3 aromatic rings. The van der Waals surface area contributed by atoms with Gasteiger partial charge in [0, 0.05) is 23.4 Å². The normalized spacial score (nSPS) is 12.9. The molecule has 8 nitrogen and oxygen atoms in total. The molecular weight excluding hydrogens is 382 g/mol. The zero-order chi connectivity index (χ0) is 21.1. The first kappa shape index (κ1) is 19.4. The molecule has 0 bridgehead atoms. The van der Waals surface area contributed by atoms with E-state index in [9.17, 15) is 14.4 Å². The van der Waals surface area contributed by atoms with Crippen LogP contribution in [0.5, 0.6) is 0 Å². The minimum Gasteiger partial charge on any atom is -0.399 e. The minimum atomic E-state index is -0.456. The number of amides is 2. The Hall–Kier alpha value is -3.94. The molecule has 0 unspecified atom stereocenters. The molecule has 1 fully saturated rings. The second kappa shape index (κ2) is 8.20. The summed E-state index contributed by atoms with van der Waals surface area (Å²) in [6, 6.07) is 17.3. The van der Waals surface area contributed by atoms with Gasteiger partial charge in [0.2, 0.25) is 11.8 Å². The van der Waals surface area contributed by atoms with Gasteiger partial charge in [0.15, 0.2) is 5.78 Å². The third-order valence-corrected chi connectivity index (χ3v) is 4.71. The predicted octanol–water partition coefficient (Wildman–Crippen LogP) is 3.01. The lowest BCUT2D eigenvalue weighted by Gasteiger charge is -2.08. The van der Waals surface area contributed by atoms with Crippen molar-refractivity contribution >= 4 is 34.8 Å². The average Bonchev–Trinajstić information content (AvgIpc) is 3.51. The van der Waals surface area contributed by atoms with Crippen molar-refractivity contribution in [3.63, 3.8) is 0 Å². The molecule has 1 aliphatic carbocycles. The Labute approximate surface area is 173 Å².